The number of rotatable bonds is 3. The third kappa shape index (κ3) is 2.45. The Labute approximate surface area is 127 Å². The minimum Gasteiger partial charge on any atom is -0.497 e. The van der Waals surface area contributed by atoms with Gasteiger partial charge in [-0.05, 0) is 61.1 Å². The molecular formula is C17H15NO2S. The Hall–Kier alpha value is -2.12. The molecule has 0 fully saturated rings. The number of carbonyl (C=O) groups excluding carboxylic acids is 1. The van der Waals surface area contributed by atoms with E-state index in [2.05, 4.69) is 6.07 Å². The zero-order chi connectivity index (χ0) is 14.8. The smallest absolute Gasteiger partial charge is 0.203 e. The lowest BCUT2D eigenvalue weighted by Gasteiger charge is -2.12. The predicted octanol–water partition coefficient (Wildman–Crippen LogP) is 3.74. The van der Waals surface area contributed by atoms with E-state index in [4.69, 9.17) is 4.74 Å². The van der Waals surface area contributed by atoms with E-state index in [1.54, 1.807) is 31.4 Å². The Morgan fingerprint density at radius 3 is 2.48 bits per heavy atom. The topological polar surface area (TPSA) is 50.1 Å². The number of carbonyl (C=O) groups is 1. The fraction of sp³-hybridized carbons (Fsp3) is 0.294. The number of fused-ring (bicyclic) bond motifs is 1. The van der Waals surface area contributed by atoms with E-state index in [1.807, 2.05) is 0 Å². The molecule has 0 amide bonds. The first-order chi connectivity index (χ1) is 10.2. The maximum absolute atomic E-state index is 12.7. The number of nitrogens with zero attached hydrogens (tertiary/aromatic N) is 1. The minimum absolute atomic E-state index is 0.0160. The van der Waals surface area contributed by atoms with Crippen LogP contribution in [0.1, 0.15) is 44.1 Å². The lowest BCUT2D eigenvalue weighted by molar-refractivity contribution is 0.104. The number of methoxy groups -OCH3 is 1. The van der Waals surface area contributed by atoms with Gasteiger partial charge >= 0.3 is 0 Å². The van der Waals surface area contributed by atoms with Crippen LogP contribution in [-0.2, 0) is 12.8 Å². The van der Waals surface area contributed by atoms with Crippen molar-refractivity contribution in [3.63, 3.8) is 0 Å². The van der Waals surface area contributed by atoms with Crippen molar-refractivity contribution in [2.45, 2.75) is 25.7 Å². The molecule has 0 saturated heterocycles. The van der Waals surface area contributed by atoms with E-state index in [1.165, 1.54) is 11.3 Å². The van der Waals surface area contributed by atoms with Crippen molar-refractivity contribution < 1.29 is 9.53 Å². The fourth-order valence-electron chi connectivity index (χ4n) is 2.78. The first-order valence-electron chi connectivity index (χ1n) is 6.98. The Kier molecular flexibility index (Phi) is 3.76. The molecule has 0 spiro atoms. The second-order valence-electron chi connectivity index (χ2n) is 5.09. The number of benzene rings is 1. The summed E-state index contributed by atoms with van der Waals surface area (Å²) in [6, 6.07) is 9.39. The number of ketones is 1. The summed E-state index contributed by atoms with van der Waals surface area (Å²) in [5.74, 6) is 0.750. The van der Waals surface area contributed by atoms with Crippen molar-refractivity contribution in [2.75, 3.05) is 7.11 Å². The van der Waals surface area contributed by atoms with Crippen LogP contribution in [0.2, 0.25) is 0 Å². The van der Waals surface area contributed by atoms with Crippen molar-refractivity contribution >= 4 is 17.1 Å². The summed E-state index contributed by atoms with van der Waals surface area (Å²) in [5.41, 5.74) is 2.85. The maximum atomic E-state index is 12.7. The highest BCUT2D eigenvalue weighted by Gasteiger charge is 2.25. The van der Waals surface area contributed by atoms with E-state index in [-0.39, 0.29) is 5.78 Å². The van der Waals surface area contributed by atoms with Gasteiger partial charge in [0.1, 0.15) is 16.7 Å². The van der Waals surface area contributed by atoms with Crippen molar-refractivity contribution in [3.05, 3.63) is 50.7 Å². The van der Waals surface area contributed by atoms with Crippen molar-refractivity contribution in [1.29, 1.82) is 5.26 Å². The van der Waals surface area contributed by atoms with Crippen LogP contribution in [-0.4, -0.2) is 12.9 Å². The molecule has 4 heteroatoms. The molecule has 0 bridgehead atoms. The molecule has 1 aliphatic carbocycles. The van der Waals surface area contributed by atoms with Gasteiger partial charge < -0.3 is 4.74 Å². The van der Waals surface area contributed by atoms with Gasteiger partial charge in [0.2, 0.25) is 5.78 Å². The van der Waals surface area contributed by atoms with Gasteiger partial charge in [-0.2, -0.15) is 5.26 Å². The van der Waals surface area contributed by atoms with E-state index in [0.717, 1.165) is 47.4 Å². The third-order valence-electron chi connectivity index (χ3n) is 3.88. The molecular weight excluding hydrogens is 282 g/mol. The monoisotopic (exact) mass is 297 g/mol. The Morgan fingerprint density at radius 2 is 1.86 bits per heavy atom. The molecule has 1 aliphatic rings. The van der Waals surface area contributed by atoms with Gasteiger partial charge in [0.05, 0.1) is 12.0 Å². The zero-order valence-corrected chi connectivity index (χ0v) is 12.6. The molecule has 106 valence electrons. The molecule has 1 aromatic heterocycles. The molecule has 0 atom stereocenters. The third-order valence-corrected chi connectivity index (χ3v) is 5.06. The van der Waals surface area contributed by atoms with Crippen LogP contribution in [0.4, 0.5) is 0 Å². The van der Waals surface area contributed by atoms with Crippen LogP contribution in [0.15, 0.2) is 24.3 Å². The first kappa shape index (κ1) is 13.8. The minimum atomic E-state index is 0.0160. The summed E-state index contributed by atoms with van der Waals surface area (Å²) < 4.78 is 5.11. The van der Waals surface area contributed by atoms with Gasteiger partial charge in [-0.3, -0.25) is 4.79 Å². The highest BCUT2D eigenvalue weighted by molar-refractivity contribution is 7.15. The molecule has 0 aliphatic heterocycles. The summed E-state index contributed by atoms with van der Waals surface area (Å²) in [6.07, 6.45) is 4.03. The lowest BCUT2D eigenvalue weighted by Crippen LogP contribution is -2.07. The molecule has 0 unspecified atom stereocenters. The maximum Gasteiger partial charge on any atom is 0.203 e. The van der Waals surface area contributed by atoms with Gasteiger partial charge in [-0.25, -0.2) is 0 Å². The Balaban J connectivity index is 2.01. The predicted molar refractivity (Wildman–Crippen MR) is 82.1 cm³/mol. The number of hydrogen-bond donors (Lipinski definition) is 0. The van der Waals surface area contributed by atoms with Crippen LogP contribution >= 0.6 is 11.3 Å². The normalized spacial score (nSPS) is 13.3. The van der Waals surface area contributed by atoms with Crippen LogP contribution in [0.5, 0.6) is 5.75 Å². The number of nitriles is 1. The second-order valence-corrected chi connectivity index (χ2v) is 6.11. The molecule has 0 N–H and O–H groups in total. The SMILES string of the molecule is COc1ccc(C(=O)c2sc(C#N)c3c2CCCC3)cc1. The quantitative estimate of drug-likeness (QED) is 0.811. The van der Waals surface area contributed by atoms with Crippen LogP contribution in [0.3, 0.4) is 0 Å². The van der Waals surface area contributed by atoms with Crippen molar-refractivity contribution in [3.8, 4) is 11.8 Å². The molecule has 3 nitrogen and oxygen atoms in total. The van der Waals surface area contributed by atoms with E-state index >= 15 is 0 Å². The summed E-state index contributed by atoms with van der Waals surface area (Å²) in [5, 5.41) is 9.26. The largest absolute Gasteiger partial charge is 0.497 e. The van der Waals surface area contributed by atoms with Gasteiger partial charge in [0, 0.05) is 5.56 Å². The molecule has 1 heterocycles. The van der Waals surface area contributed by atoms with Gasteiger partial charge in [-0.1, -0.05) is 0 Å². The molecule has 21 heavy (non-hydrogen) atoms. The number of thiophene rings is 1. The van der Waals surface area contributed by atoms with Crippen molar-refractivity contribution in [1.82, 2.24) is 0 Å². The van der Waals surface area contributed by atoms with Crippen molar-refractivity contribution in [2.24, 2.45) is 0 Å². The second kappa shape index (κ2) is 5.71. The summed E-state index contributed by atoms with van der Waals surface area (Å²) in [6.45, 7) is 0. The van der Waals surface area contributed by atoms with Crippen LogP contribution in [0.25, 0.3) is 0 Å². The fourth-order valence-corrected chi connectivity index (χ4v) is 3.94. The van der Waals surface area contributed by atoms with Crippen LogP contribution in [0, 0.1) is 11.3 Å². The molecule has 0 saturated carbocycles. The Bertz CT molecular complexity index is 722. The zero-order valence-electron chi connectivity index (χ0n) is 11.8. The number of hydrogen-bond acceptors (Lipinski definition) is 4. The highest BCUT2D eigenvalue weighted by atomic mass is 32.1. The summed E-state index contributed by atoms with van der Waals surface area (Å²) >= 11 is 1.35. The molecule has 0 radical (unpaired) electrons. The molecule has 3 rings (SSSR count). The number of ether oxygens (including phenoxy) is 1. The summed E-state index contributed by atoms with van der Waals surface area (Å²) in [7, 11) is 1.60. The Morgan fingerprint density at radius 1 is 1.19 bits per heavy atom. The highest BCUT2D eigenvalue weighted by Crippen LogP contribution is 2.35. The van der Waals surface area contributed by atoms with E-state index in [9.17, 15) is 10.1 Å². The molecule has 1 aromatic carbocycles. The molecule has 2 aromatic rings. The van der Waals surface area contributed by atoms with E-state index < -0.39 is 0 Å². The first-order valence-corrected chi connectivity index (χ1v) is 7.79. The average molecular weight is 297 g/mol. The standard InChI is InChI=1S/C17H15NO2S/c1-20-12-8-6-11(7-9-12)16(19)17-14-5-3-2-4-13(14)15(10-18)21-17/h6-9H,2-5H2,1H3. The van der Waals surface area contributed by atoms with Crippen LogP contribution < -0.4 is 4.74 Å². The van der Waals surface area contributed by atoms with Gasteiger partial charge in [0.15, 0.2) is 0 Å². The van der Waals surface area contributed by atoms with E-state index in [0.29, 0.717) is 10.4 Å². The van der Waals surface area contributed by atoms with Gasteiger partial charge in [-0.15, -0.1) is 11.3 Å². The lowest BCUT2D eigenvalue weighted by atomic mass is 9.90. The average Bonchev–Trinajstić information content (AvgIpc) is 2.93. The van der Waals surface area contributed by atoms with Gasteiger partial charge in [0.25, 0.3) is 0 Å². The summed E-state index contributed by atoms with van der Waals surface area (Å²) in [4.78, 5) is 14.2.